The van der Waals surface area contributed by atoms with Crippen LogP contribution in [-0.2, 0) is 4.79 Å². The fourth-order valence-corrected chi connectivity index (χ4v) is 2.30. The predicted molar refractivity (Wildman–Crippen MR) is 77.7 cm³/mol. The summed E-state index contributed by atoms with van der Waals surface area (Å²) >= 11 is 0. The SMILES string of the molecule is Cc1ccc(C2NCC(=O)N2CCC(C)(C)C)cc1. The van der Waals surface area contributed by atoms with E-state index >= 15 is 0 Å². The van der Waals surface area contributed by atoms with Crippen molar-refractivity contribution >= 4 is 5.91 Å². The summed E-state index contributed by atoms with van der Waals surface area (Å²) in [4.78, 5) is 14.0. The summed E-state index contributed by atoms with van der Waals surface area (Å²) in [5, 5.41) is 3.30. The average molecular weight is 260 g/mol. The third-order valence-corrected chi connectivity index (χ3v) is 3.57. The quantitative estimate of drug-likeness (QED) is 0.906. The van der Waals surface area contributed by atoms with Crippen LogP contribution in [0.4, 0.5) is 0 Å². The normalized spacial score (nSPS) is 20.1. The fraction of sp³-hybridized carbons (Fsp3) is 0.562. The van der Waals surface area contributed by atoms with Gasteiger partial charge in [-0.15, -0.1) is 0 Å². The zero-order valence-electron chi connectivity index (χ0n) is 12.4. The maximum absolute atomic E-state index is 12.0. The molecule has 1 atom stereocenters. The molecule has 19 heavy (non-hydrogen) atoms. The molecule has 1 aromatic carbocycles. The van der Waals surface area contributed by atoms with Crippen LogP contribution in [0.2, 0.25) is 0 Å². The number of hydrogen-bond acceptors (Lipinski definition) is 2. The van der Waals surface area contributed by atoms with Gasteiger partial charge in [0.1, 0.15) is 6.17 Å². The zero-order chi connectivity index (χ0) is 14.0. The molecule has 2 rings (SSSR count). The van der Waals surface area contributed by atoms with Gasteiger partial charge in [-0.1, -0.05) is 50.6 Å². The largest absolute Gasteiger partial charge is 0.322 e. The van der Waals surface area contributed by atoms with Gasteiger partial charge in [0.05, 0.1) is 6.54 Å². The van der Waals surface area contributed by atoms with E-state index in [1.54, 1.807) is 0 Å². The van der Waals surface area contributed by atoms with Crippen molar-refractivity contribution in [3.8, 4) is 0 Å². The first kappa shape index (κ1) is 14.1. The van der Waals surface area contributed by atoms with Crippen LogP contribution in [-0.4, -0.2) is 23.9 Å². The molecule has 1 saturated heterocycles. The summed E-state index contributed by atoms with van der Waals surface area (Å²) in [5.74, 6) is 0.204. The zero-order valence-corrected chi connectivity index (χ0v) is 12.4. The minimum absolute atomic E-state index is 0.0375. The Morgan fingerprint density at radius 2 is 1.89 bits per heavy atom. The van der Waals surface area contributed by atoms with Crippen molar-refractivity contribution in [3.63, 3.8) is 0 Å². The minimum atomic E-state index is 0.0375. The van der Waals surface area contributed by atoms with Crippen molar-refractivity contribution in [1.82, 2.24) is 10.2 Å². The molecule has 104 valence electrons. The summed E-state index contributed by atoms with van der Waals surface area (Å²) in [6, 6.07) is 8.41. The molecule has 3 heteroatoms. The van der Waals surface area contributed by atoms with Gasteiger partial charge >= 0.3 is 0 Å². The maximum atomic E-state index is 12.0. The van der Waals surface area contributed by atoms with Gasteiger partial charge < -0.3 is 4.90 Å². The molecule has 0 saturated carbocycles. The molecule has 0 bridgehead atoms. The van der Waals surface area contributed by atoms with E-state index in [4.69, 9.17) is 0 Å². The number of carbonyl (C=O) groups excluding carboxylic acids is 1. The third kappa shape index (κ3) is 3.57. The van der Waals surface area contributed by atoms with Crippen LogP contribution in [0.1, 0.15) is 44.5 Å². The Labute approximate surface area is 116 Å². The van der Waals surface area contributed by atoms with Crippen LogP contribution in [0.25, 0.3) is 0 Å². The molecular formula is C16H24N2O. The van der Waals surface area contributed by atoms with E-state index in [2.05, 4.69) is 57.3 Å². The van der Waals surface area contributed by atoms with Crippen LogP contribution >= 0.6 is 0 Å². The lowest BCUT2D eigenvalue weighted by molar-refractivity contribution is -0.128. The second-order valence-corrected chi connectivity index (χ2v) is 6.59. The molecule has 0 aromatic heterocycles. The summed E-state index contributed by atoms with van der Waals surface area (Å²) < 4.78 is 0. The van der Waals surface area contributed by atoms with Crippen molar-refractivity contribution < 1.29 is 4.79 Å². The number of nitrogens with one attached hydrogen (secondary N) is 1. The van der Waals surface area contributed by atoms with Crippen LogP contribution in [0, 0.1) is 12.3 Å². The Morgan fingerprint density at radius 3 is 2.47 bits per heavy atom. The van der Waals surface area contributed by atoms with Gasteiger partial charge in [0.25, 0.3) is 0 Å². The molecule has 3 nitrogen and oxygen atoms in total. The van der Waals surface area contributed by atoms with E-state index in [1.807, 2.05) is 4.90 Å². The summed E-state index contributed by atoms with van der Waals surface area (Å²) in [7, 11) is 0. The molecule has 1 fully saturated rings. The van der Waals surface area contributed by atoms with Gasteiger partial charge in [-0.2, -0.15) is 0 Å². The first-order chi connectivity index (χ1) is 8.87. The van der Waals surface area contributed by atoms with Gasteiger partial charge in [-0.3, -0.25) is 10.1 Å². The number of benzene rings is 1. The van der Waals surface area contributed by atoms with Crippen molar-refractivity contribution in [2.24, 2.45) is 5.41 Å². The lowest BCUT2D eigenvalue weighted by Gasteiger charge is -2.28. The molecule has 1 amide bonds. The van der Waals surface area contributed by atoms with Crippen LogP contribution < -0.4 is 5.32 Å². The highest BCUT2D eigenvalue weighted by molar-refractivity contribution is 5.80. The average Bonchev–Trinajstić information content (AvgIpc) is 2.68. The van der Waals surface area contributed by atoms with Gasteiger partial charge in [-0.05, 0) is 24.3 Å². The molecule has 0 radical (unpaired) electrons. The fourth-order valence-electron chi connectivity index (χ4n) is 2.30. The lowest BCUT2D eigenvalue weighted by Crippen LogP contribution is -2.33. The molecule has 1 aliphatic heterocycles. The topological polar surface area (TPSA) is 32.3 Å². The predicted octanol–water partition coefficient (Wildman–Crippen LogP) is 2.86. The molecule has 1 aromatic rings. The lowest BCUT2D eigenvalue weighted by atomic mass is 9.92. The van der Waals surface area contributed by atoms with E-state index in [0.29, 0.717) is 6.54 Å². The smallest absolute Gasteiger partial charge is 0.238 e. The van der Waals surface area contributed by atoms with Crippen molar-refractivity contribution in [1.29, 1.82) is 0 Å². The van der Waals surface area contributed by atoms with Crippen molar-refractivity contribution in [2.45, 2.75) is 40.3 Å². The second-order valence-electron chi connectivity index (χ2n) is 6.59. The number of carbonyl (C=O) groups is 1. The number of rotatable bonds is 3. The molecule has 1 heterocycles. The second kappa shape index (κ2) is 5.33. The monoisotopic (exact) mass is 260 g/mol. The molecule has 1 aliphatic rings. The van der Waals surface area contributed by atoms with Crippen molar-refractivity contribution in [3.05, 3.63) is 35.4 Å². The van der Waals surface area contributed by atoms with E-state index in [9.17, 15) is 4.79 Å². The Balaban J connectivity index is 2.11. The molecule has 0 aliphatic carbocycles. The summed E-state index contributed by atoms with van der Waals surface area (Å²) in [5.41, 5.74) is 2.67. The Hall–Kier alpha value is -1.35. The highest BCUT2D eigenvalue weighted by atomic mass is 16.2. The molecule has 1 N–H and O–H groups in total. The van der Waals surface area contributed by atoms with E-state index in [1.165, 1.54) is 11.1 Å². The van der Waals surface area contributed by atoms with Crippen LogP contribution in [0.5, 0.6) is 0 Å². The molecular weight excluding hydrogens is 236 g/mol. The van der Waals surface area contributed by atoms with E-state index in [-0.39, 0.29) is 17.5 Å². The van der Waals surface area contributed by atoms with E-state index in [0.717, 1.165) is 13.0 Å². The number of amides is 1. The maximum Gasteiger partial charge on any atom is 0.238 e. The highest BCUT2D eigenvalue weighted by Crippen LogP contribution is 2.26. The third-order valence-electron chi connectivity index (χ3n) is 3.57. The Bertz CT molecular complexity index is 445. The first-order valence-electron chi connectivity index (χ1n) is 6.96. The van der Waals surface area contributed by atoms with Gasteiger partial charge in [0.2, 0.25) is 5.91 Å². The standard InChI is InChI=1S/C16H24N2O/c1-12-5-7-13(8-6-12)15-17-11-14(19)18(15)10-9-16(2,3)4/h5-8,15,17H,9-11H2,1-4H3. The molecule has 1 unspecified atom stereocenters. The summed E-state index contributed by atoms with van der Waals surface area (Å²) in [6.45, 7) is 9.97. The van der Waals surface area contributed by atoms with E-state index < -0.39 is 0 Å². The van der Waals surface area contributed by atoms with Gasteiger partial charge in [-0.25, -0.2) is 0 Å². The Kier molecular flexibility index (Phi) is 3.95. The first-order valence-corrected chi connectivity index (χ1v) is 6.96. The van der Waals surface area contributed by atoms with Gasteiger partial charge in [0.15, 0.2) is 0 Å². The highest BCUT2D eigenvalue weighted by Gasteiger charge is 2.31. The number of nitrogens with zero attached hydrogens (tertiary/aromatic N) is 1. The van der Waals surface area contributed by atoms with Crippen LogP contribution in [0.3, 0.4) is 0 Å². The minimum Gasteiger partial charge on any atom is -0.322 e. The summed E-state index contributed by atoms with van der Waals surface area (Å²) in [6.07, 6.45) is 1.05. The van der Waals surface area contributed by atoms with Crippen molar-refractivity contribution in [2.75, 3.05) is 13.1 Å². The van der Waals surface area contributed by atoms with Crippen LogP contribution in [0.15, 0.2) is 24.3 Å². The number of hydrogen-bond donors (Lipinski definition) is 1. The molecule has 0 spiro atoms. The number of aryl methyl sites for hydroxylation is 1. The van der Waals surface area contributed by atoms with Gasteiger partial charge in [0, 0.05) is 6.54 Å². The Morgan fingerprint density at radius 1 is 1.26 bits per heavy atom.